The van der Waals surface area contributed by atoms with E-state index in [0.717, 1.165) is 5.56 Å². The maximum Gasteiger partial charge on any atom is 0.323 e. The van der Waals surface area contributed by atoms with Crippen molar-refractivity contribution in [2.24, 2.45) is 0 Å². The van der Waals surface area contributed by atoms with Crippen molar-refractivity contribution in [2.45, 2.75) is 43.6 Å². The van der Waals surface area contributed by atoms with Crippen LogP contribution in [-0.4, -0.2) is 42.0 Å². The number of amides is 3. The topological polar surface area (TPSA) is 109 Å². The van der Waals surface area contributed by atoms with Crippen molar-refractivity contribution in [1.29, 1.82) is 0 Å². The fraction of sp³-hybridized carbons (Fsp3) is 0.286. The van der Waals surface area contributed by atoms with Crippen molar-refractivity contribution in [1.82, 2.24) is 5.32 Å². The molecule has 3 aromatic rings. The second-order valence-electron chi connectivity index (χ2n) is 9.21. The average molecular weight is 506 g/mol. The first-order chi connectivity index (χ1) is 18.0. The van der Waals surface area contributed by atoms with Crippen LogP contribution in [0.15, 0.2) is 72.8 Å². The number of halogens is 1. The van der Waals surface area contributed by atoms with Crippen LogP contribution in [0.25, 0.3) is 0 Å². The molecular formula is C28H28FN3O5. The zero-order valence-corrected chi connectivity index (χ0v) is 20.0. The quantitative estimate of drug-likeness (QED) is 0.386. The number of urea groups is 1. The van der Waals surface area contributed by atoms with E-state index >= 15 is 0 Å². The molecular weight excluding hydrogens is 477 g/mol. The highest BCUT2D eigenvalue weighted by Crippen LogP contribution is 2.47. The van der Waals surface area contributed by atoms with Crippen LogP contribution in [0, 0.1) is 5.82 Å². The predicted molar refractivity (Wildman–Crippen MR) is 136 cm³/mol. The maximum absolute atomic E-state index is 13.4. The summed E-state index contributed by atoms with van der Waals surface area (Å²) >= 11 is 0. The van der Waals surface area contributed by atoms with Crippen molar-refractivity contribution in [3.63, 3.8) is 0 Å². The van der Waals surface area contributed by atoms with Crippen LogP contribution < -0.4 is 20.7 Å². The molecule has 9 heteroatoms. The van der Waals surface area contributed by atoms with E-state index in [2.05, 4.69) is 16.0 Å². The first kappa shape index (κ1) is 24.7. The van der Waals surface area contributed by atoms with Crippen molar-refractivity contribution < 1.29 is 28.6 Å². The molecule has 0 spiro atoms. The van der Waals surface area contributed by atoms with Gasteiger partial charge in [-0.25, -0.2) is 9.18 Å². The molecule has 4 N–H and O–H groups in total. The third kappa shape index (κ3) is 5.90. The molecule has 3 amide bonds. The lowest BCUT2D eigenvalue weighted by Crippen LogP contribution is -2.47. The molecule has 2 aliphatic heterocycles. The van der Waals surface area contributed by atoms with Crippen LogP contribution >= 0.6 is 0 Å². The Balaban J connectivity index is 1.23. The van der Waals surface area contributed by atoms with Crippen molar-refractivity contribution in [3.8, 4) is 5.75 Å². The molecule has 192 valence electrons. The number of fused-ring (bicyclic) bond motifs is 3. The Morgan fingerprint density at radius 2 is 1.78 bits per heavy atom. The molecule has 1 saturated heterocycles. The first-order valence-corrected chi connectivity index (χ1v) is 12.2. The Bertz CT molecular complexity index is 1270. The fourth-order valence-corrected chi connectivity index (χ4v) is 4.91. The minimum atomic E-state index is -0.593. The van der Waals surface area contributed by atoms with Crippen molar-refractivity contribution >= 4 is 23.3 Å². The Morgan fingerprint density at radius 1 is 0.973 bits per heavy atom. The zero-order valence-electron chi connectivity index (χ0n) is 20.0. The van der Waals surface area contributed by atoms with Gasteiger partial charge in [0.05, 0.1) is 19.1 Å². The van der Waals surface area contributed by atoms with Gasteiger partial charge in [0.15, 0.2) is 0 Å². The third-order valence-electron chi connectivity index (χ3n) is 6.58. The molecule has 3 aromatic carbocycles. The number of carbonyl (C=O) groups is 2. The molecule has 8 nitrogen and oxygen atoms in total. The van der Waals surface area contributed by atoms with E-state index in [1.807, 2.05) is 24.3 Å². The van der Waals surface area contributed by atoms with Gasteiger partial charge in [-0.3, -0.25) is 4.79 Å². The van der Waals surface area contributed by atoms with Gasteiger partial charge in [0, 0.05) is 29.4 Å². The van der Waals surface area contributed by atoms with Crippen molar-refractivity contribution in [3.05, 3.63) is 89.7 Å². The number of benzene rings is 3. The molecule has 2 heterocycles. The van der Waals surface area contributed by atoms with E-state index < -0.39 is 12.2 Å². The normalized spacial score (nSPS) is 21.8. The minimum absolute atomic E-state index is 0.0990. The minimum Gasteiger partial charge on any atom is -0.487 e. The smallest absolute Gasteiger partial charge is 0.323 e. The molecule has 0 bridgehead atoms. The van der Waals surface area contributed by atoms with E-state index in [0.29, 0.717) is 29.1 Å². The Kier molecular flexibility index (Phi) is 7.34. The highest BCUT2D eigenvalue weighted by atomic mass is 19.1. The lowest BCUT2D eigenvalue weighted by atomic mass is 9.84. The first-order valence-electron chi connectivity index (χ1n) is 12.2. The van der Waals surface area contributed by atoms with Gasteiger partial charge in [-0.1, -0.05) is 30.3 Å². The largest absolute Gasteiger partial charge is 0.487 e. The summed E-state index contributed by atoms with van der Waals surface area (Å²) in [4.78, 5) is 25.0. The van der Waals surface area contributed by atoms with E-state index in [1.165, 1.54) is 12.1 Å². The summed E-state index contributed by atoms with van der Waals surface area (Å²) in [5.41, 5.74) is 2.85. The molecule has 0 aliphatic carbocycles. The zero-order chi connectivity index (χ0) is 25.8. The molecule has 1 fully saturated rings. The Labute approximate surface area is 213 Å². The highest BCUT2D eigenvalue weighted by molar-refractivity contribution is 5.99. The standard InChI is InChI=1S/C28H28FN3O5/c29-18-6-4-5-17(11-18)15-30-26(34)14-21-13-23-22-12-20(32-28(35)31-19-7-2-1-3-8-19)9-10-24(22)37-27(23)25(16-33)36-21/h1-12,21,23,25,27,33H,13-16H2,(H,30,34)(H2,31,32,35)/t21-,23-,25-,27+/m0/s1. The summed E-state index contributed by atoms with van der Waals surface area (Å²) in [5.74, 6) is -0.0230. The molecule has 0 unspecified atom stereocenters. The molecule has 4 atom stereocenters. The number of aliphatic hydroxyl groups excluding tert-OH is 1. The van der Waals surface area contributed by atoms with Crippen LogP contribution in [0.1, 0.15) is 29.9 Å². The molecule has 0 aromatic heterocycles. The van der Waals surface area contributed by atoms with Gasteiger partial charge in [0.1, 0.15) is 23.8 Å². The van der Waals surface area contributed by atoms with Gasteiger partial charge in [0.25, 0.3) is 0 Å². The molecule has 0 saturated carbocycles. The predicted octanol–water partition coefficient (Wildman–Crippen LogP) is 4.17. The van der Waals surface area contributed by atoms with Crippen LogP contribution in [0.4, 0.5) is 20.6 Å². The monoisotopic (exact) mass is 505 g/mol. The van der Waals surface area contributed by atoms with Crippen LogP contribution in [0.5, 0.6) is 5.75 Å². The van der Waals surface area contributed by atoms with E-state index in [-0.39, 0.29) is 49.3 Å². The molecule has 2 aliphatic rings. The summed E-state index contributed by atoms with van der Waals surface area (Å²) < 4.78 is 25.5. The van der Waals surface area contributed by atoms with Gasteiger partial charge in [-0.15, -0.1) is 0 Å². The third-order valence-corrected chi connectivity index (χ3v) is 6.58. The molecule has 0 radical (unpaired) electrons. The van der Waals surface area contributed by atoms with Gasteiger partial charge in [0.2, 0.25) is 5.91 Å². The fourth-order valence-electron chi connectivity index (χ4n) is 4.91. The summed E-state index contributed by atoms with van der Waals surface area (Å²) in [6.07, 6.45) is -0.799. The number of hydrogen-bond acceptors (Lipinski definition) is 5. The molecule has 5 rings (SSSR count). The second-order valence-corrected chi connectivity index (χ2v) is 9.21. The summed E-state index contributed by atoms with van der Waals surface area (Å²) in [5, 5.41) is 18.4. The summed E-state index contributed by atoms with van der Waals surface area (Å²) in [7, 11) is 0. The van der Waals surface area contributed by atoms with E-state index in [1.54, 1.807) is 36.4 Å². The van der Waals surface area contributed by atoms with Gasteiger partial charge < -0.3 is 30.5 Å². The number of anilines is 2. The Hall–Kier alpha value is -3.95. The summed E-state index contributed by atoms with van der Waals surface area (Å²) in [6.45, 7) is -0.0357. The van der Waals surface area contributed by atoms with Crippen LogP contribution in [0.2, 0.25) is 0 Å². The number of hydrogen-bond donors (Lipinski definition) is 4. The highest BCUT2D eigenvalue weighted by Gasteiger charge is 2.46. The number of para-hydroxylation sites is 1. The molecule has 37 heavy (non-hydrogen) atoms. The van der Waals surface area contributed by atoms with Crippen LogP contribution in [-0.2, 0) is 16.1 Å². The number of rotatable bonds is 7. The van der Waals surface area contributed by atoms with Gasteiger partial charge in [-0.05, 0) is 54.4 Å². The number of nitrogens with one attached hydrogen (secondary N) is 3. The lowest BCUT2D eigenvalue weighted by molar-refractivity contribution is -0.142. The lowest BCUT2D eigenvalue weighted by Gasteiger charge is -2.37. The second kappa shape index (κ2) is 11.0. The average Bonchev–Trinajstić information content (AvgIpc) is 3.25. The summed E-state index contributed by atoms with van der Waals surface area (Å²) in [6, 6.07) is 20.3. The van der Waals surface area contributed by atoms with E-state index in [9.17, 15) is 19.1 Å². The van der Waals surface area contributed by atoms with Crippen LogP contribution in [0.3, 0.4) is 0 Å². The number of aliphatic hydroxyl groups is 1. The van der Waals surface area contributed by atoms with Gasteiger partial charge in [-0.2, -0.15) is 0 Å². The van der Waals surface area contributed by atoms with E-state index in [4.69, 9.17) is 9.47 Å². The Morgan fingerprint density at radius 3 is 2.57 bits per heavy atom. The number of carbonyl (C=O) groups excluding carboxylic acids is 2. The van der Waals surface area contributed by atoms with Crippen molar-refractivity contribution in [2.75, 3.05) is 17.2 Å². The maximum atomic E-state index is 13.4. The SMILES string of the molecule is O=C(C[C@@H]1C[C@H]2c3cc(NC(=O)Nc4ccccc4)ccc3O[C@H]2[C@H](CO)O1)NCc1cccc(F)c1. The number of ether oxygens (including phenoxy) is 2. The van der Waals surface area contributed by atoms with Gasteiger partial charge >= 0.3 is 6.03 Å².